The van der Waals surface area contributed by atoms with Crippen LogP contribution in [-0.4, -0.2) is 33.7 Å². The van der Waals surface area contributed by atoms with Crippen LogP contribution in [0.4, 0.5) is 0 Å². The van der Waals surface area contributed by atoms with E-state index in [2.05, 4.69) is 4.72 Å². The van der Waals surface area contributed by atoms with Gasteiger partial charge in [0, 0.05) is 18.2 Å². The largest absolute Gasteiger partial charge is 0.486 e. The molecule has 20 heavy (non-hydrogen) atoms. The standard InChI is InChI=1S/C13H18N2O4S/c14-13(4-1-5-13)9-15-20(16,17)10-2-3-11-12(8-10)19-7-6-18-11/h2-3,8,15H,1,4-7,9,14H2. The number of nitrogens with one attached hydrogen (secondary N) is 1. The van der Waals surface area contributed by atoms with Crippen LogP contribution in [0.1, 0.15) is 19.3 Å². The van der Waals surface area contributed by atoms with E-state index < -0.39 is 10.0 Å². The molecule has 7 heteroatoms. The number of fused-ring (bicyclic) bond motifs is 1. The van der Waals surface area contributed by atoms with Crippen molar-refractivity contribution in [1.29, 1.82) is 0 Å². The molecule has 1 aromatic rings. The molecule has 0 radical (unpaired) electrons. The molecule has 1 aromatic carbocycles. The van der Waals surface area contributed by atoms with Crippen molar-refractivity contribution >= 4 is 10.0 Å². The van der Waals surface area contributed by atoms with Crippen molar-refractivity contribution in [3.8, 4) is 11.5 Å². The molecule has 1 saturated carbocycles. The summed E-state index contributed by atoms with van der Waals surface area (Å²) in [6, 6.07) is 4.62. The monoisotopic (exact) mass is 298 g/mol. The molecule has 0 unspecified atom stereocenters. The average Bonchev–Trinajstić information content (AvgIpc) is 2.42. The third kappa shape index (κ3) is 2.61. The van der Waals surface area contributed by atoms with Crippen molar-refractivity contribution in [3.05, 3.63) is 18.2 Å². The minimum atomic E-state index is -3.57. The Morgan fingerprint density at radius 1 is 1.20 bits per heavy atom. The van der Waals surface area contributed by atoms with Gasteiger partial charge in [-0.15, -0.1) is 0 Å². The molecular weight excluding hydrogens is 280 g/mol. The quantitative estimate of drug-likeness (QED) is 0.850. The second kappa shape index (κ2) is 4.91. The highest BCUT2D eigenvalue weighted by Gasteiger charge is 2.33. The van der Waals surface area contributed by atoms with Gasteiger partial charge >= 0.3 is 0 Å². The van der Waals surface area contributed by atoms with E-state index in [4.69, 9.17) is 15.2 Å². The van der Waals surface area contributed by atoms with Gasteiger partial charge < -0.3 is 15.2 Å². The van der Waals surface area contributed by atoms with Gasteiger partial charge in [-0.1, -0.05) is 0 Å². The van der Waals surface area contributed by atoms with Crippen LogP contribution in [-0.2, 0) is 10.0 Å². The highest BCUT2D eigenvalue weighted by Crippen LogP contribution is 2.32. The molecule has 0 bridgehead atoms. The van der Waals surface area contributed by atoms with Crippen LogP contribution in [0.25, 0.3) is 0 Å². The predicted molar refractivity (Wildman–Crippen MR) is 73.4 cm³/mol. The normalized spacial score (nSPS) is 20.2. The molecule has 0 saturated heterocycles. The predicted octanol–water partition coefficient (Wildman–Crippen LogP) is 0.617. The first-order chi connectivity index (χ1) is 9.49. The van der Waals surface area contributed by atoms with E-state index in [0.29, 0.717) is 24.7 Å². The summed E-state index contributed by atoms with van der Waals surface area (Å²) in [5, 5.41) is 0. The maximum Gasteiger partial charge on any atom is 0.240 e. The first kappa shape index (κ1) is 13.7. The topological polar surface area (TPSA) is 90.7 Å². The van der Waals surface area contributed by atoms with Gasteiger partial charge in [-0.3, -0.25) is 0 Å². The molecule has 0 atom stereocenters. The lowest BCUT2D eigenvalue weighted by Crippen LogP contribution is -2.54. The van der Waals surface area contributed by atoms with Gasteiger partial charge in [0.25, 0.3) is 0 Å². The van der Waals surface area contributed by atoms with Crippen LogP contribution in [0.2, 0.25) is 0 Å². The van der Waals surface area contributed by atoms with Crippen LogP contribution in [0, 0.1) is 0 Å². The molecule has 110 valence electrons. The minimum Gasteiger partial charge on any atom is -0.486 e. The Balaban J connectivity index is 1.76. The first-order valence-corrected chi connectivity index (χ1v) is 8.15. The van der Waals surface area contributed by atoms with Crippen LogP contribution in [0.3, 0.4) is 0 Å². The van der Waals surface area contributed by atoms with Gasteiger partial charge in [-0.25, -0.2) is 13.1 Å². The lowest BCUT2D eigenvalue weighted by atomic mass is 9.78. The van der Waals surface area contributed by atoms with E-state index in [0.717, 1.165) is 19.3 Å². The van der Waals surface area contributed by atoms with Crippen molar-refractivity contribution in [3.63, 3.8) is 0 Å². The Labute approximate surface area is 118 Å². The van der Waals surface area contributed by atoms with E-state index in [1.807, 2.05) is 0 Å². The third-order valence-electron chi connectivity index (χ3n) is 3.79. The number of benzene rings is 1. The van der Waals surface area contributed by atoms with Crippen molar-refractivity contribution < 1.29 is 17.9 Å². The summed E-state index contributed by atoms with van der Waals surface area (Å²) in [4.78, 5) is 0.171. The molecule has 3 N–H and O–H groups in total. The first-order valence-electron chi connectivity index (χ1n) is 6.67. The van der Waals surface area contributed by atoms with Crippen LogP contribution in [0.5, 0.6) is 11.5 Å². The molecule has 6 nitrogen and oxygen atoms in total. The Hall–Kier alpha value is -1.31. The van der Waals surface area contributed by atoms with Crippen molar-refractivity contribution in [1.82, 2.24) is 4.72 Å². The fourth-order valence-corrected chi connectivity index (χ4v) is 3.47. The Bertz CT molecular complexity index is 611. The summed E-state index contributed by atoms with van der Waals surface area (Å²) in [7, 11) is -3.57. The molecule has 0 aromatic heterocycles. The van der Waals surface area contributed by atoms with E-state index in [-0.39, 0.29) is 17.0 Å². The molecule has 0 amide bonds. The smallest absolute Gasteiger partial charge is 0.240 e. The van der Waals surface area contributed by atoms with Crippen LogP contribution >= 0.6 is 0 Å². The number of hydrogen-bond acceptors (Lipinski definition) is 5. The Morgan fingerprint density at radius 2 is 1.90 bits per heavy atom. The highest BCUT2D eigenvalue weighted by molar-refractivity contribution is 7.89. The Kier molecular flexibility index (Phi) is 3.35. The van der Waals surface area contributed by atoms with E-state index in [9.17, 15) is 8.42 Å². The average molecular weight is 298 g/mol. The van der Waals surface area contributed by atoms with Gasteiger partial charge in [-0.2, -0.15) is 0 Å². The molecule has 1 aliphatic heterocycles. The molecule has 2 aliphatic rings. The number of sulfonamides is 1. The van der Waals surface area contributed by atoms with Crippen LogP contribution in [0.15, 0.2) is 23.1 Å². The van der Waals surface area contributed by atoms with E-state index in [1.165, 1.54) is 12.1 Å². The highest BCUT2D eigenvalue weighted by atomic mass is 32.2. The maximum atomic E-state index is 12.2. The lowest BCUT2D eigenvalue weighted by Gasteiger charge is -2.38. The summed E-state index contributed by atoms with van der Waals surface area (Å²) in [6.07, 6.45) is 2.77. The molecular formula is C13H18N2O4S. The SMILES string of the molecule is NC1(CNS(=O)(=O)c2ccc3c(c2)OCCO3)CCC1. The number of rotatable bonds is 4. The van der Waals surface area contributed by atoms with Gasteiger partial charge in [0.15, 0.2) is 11.5 Å². The summed E-state index contributed by atoms with van der Waals surface area (Å²) >= 11 is 0. The summed E-state index contributed by atoms with van der Waals surface area (Å²) in [5.74, 6) is 1.04. The van der Waals surface area contributed by atoms with Crippen molar-refractivity contribution in [2.24, 2.45) is 5.73 Å². The summed E-state index contributed by atoms with van der Waals surface area (Å²) < 4.78 is 37.8. The fourth-order valence-electron chi connectivity index (χ4n) is 2.32. The summed E-state index contributed by atoms with van der Waals surface area (Å²) in [5.41, 5.74) is 5.64. The number of ether oxygens (including phenoxy) is 2. The lowest BCUT2D eigenvalue weighted by molar-refractivity contribution is 0.171. The van der Waals surface area contributed by atoms with Gasteiger partial charge in [0.2, 0.25) is 10.0 Å². The number of hydrogen-bond donors (Lipinski definition) is 2. The molecule has 3 rings (SSSR count). The number of nitrogens with two attached hydrogens (primary N) is 1. The summed E-state index contributed by atoms with van der Waals surface area (Å²) in [6.45, 7) is 1.17. The molecule has 1 fully saturated rings. The zero-order chi connectivity index (χ0) is 14.2. The Morgan fingerprint density at radius 3 is 2.55 bits per heavy atom. The van der Waals surface area contributed by atoms with Gasteiger partial charge in [0.1, 0.15) is 13.2 Å². The van der Waals surface area contributed by atoms with E-state index in [1.54, 1.807) is 6.07 Å². The van der Waals surface area contributed by atoms with Gasteiger partial charge in [0.05, 0.1) is 4.90 Å². The second-order valence-electron chi connectivity index (χ2n) is 5.35. The zero-order valence-electron chi connectivity index (χ0n) is 11.1. The minimum absolute atomic E-state index is 0.171. The molecule has 1 aliphatic carbocycles. The molecule has 1 heterocycles. The van der Waals surface area contributed by atoms with Gasteiger partial charge in [-0.05, 0) is 31.4 Å². The zero-order valence-corrected chi connectivity index (χ0v) is 11.9. The maximum absolute atomic E-state index is 12.2. The fraction of sp³-hybridized carbons (Fsp3) is 0.538. The van der Waals surface area contributed by atoms with Crippen molar-refractivity contribution in [2.75, 3.05) is 19.8 Å². The third-order valence-corrected chi connectivity index (χ3v) is 5.19. The molecule has 0 spiro atoms. The second-order valence-corrected chi connectivity index (χ2v) is 7.11. The van der Waals surface area contributed by atoms with Crippen molar-refractivity contribution in [2.45, 2.75) is 29.7 Å². The van der Waals surface area contributed by atoms with Crippen LogP contribution < -0.4 is 19.9 Å². The van der Waals surface area contributed by atoms with E-state index >= 15 is 0 Å².